The fourth-order valence-electron chi connectivity index (χ4n) is 4.27. The summed E-state index contributed by atoms with van der Waals surface area (Å²) in [5, 5.41) is 12.0. The molecule has 0 spiro atoms. The Kier molecular flexibility index (Phi) is 4.53. The van der Waals surface area contributed by atoms with Gasteiger partial charge in [-0.2, -0.15) is 0 Å². The first-order valence-electron chi connectivity index (χ1n) is 11.2. The molecule has 4 heterocycles. The Morgan fingerprint density at radius 2 is 1.88 bits per heavy atom. The highest BCUT2D eigenvalue weighted by molar-refractivity contribution is 6.10. The third-order valence-corrected chi connectivity index (χ3v) is 6.25. The van der Waals surface area contributed by atoms with Crippen molar-refractivity contribution in [2.75, 3.05) is 4.90 Å². The van der Waals surface area contributed by atoms with Gasteiger partial charge in [0.1, 0.15) is 11.5 Å². The molecule has 1 aliphatic carbocycles. The number of carbonyl (C=O) groups is 1. The minimum Gasteiger partial charge on any atom is -0.288 e. The molecule has 0 bridgehead atoms. The molecular weight excluding hydrogens is 414 g/mol. The van der Waals surface area contributed by atoms with Gasteiger partial charge in [0, 0.05) is 28.9 Å². The van der Waals surface area contributed by atoms with Gasteiger partial charge in [0.15, 0.2) is 0 Å². The van der Waals surface area contributed by atoms with Gasteiger partial charge in [0.2, 0.25) is 5.82 Å². The van der Waals surface area contributed by atoms with E-state index < -0.39 is 0 Å². The highest BCUT2D eigenvalue weighted by Gasteiger charge is 2.30. The molecule has 1 amide bonds. The molecule has 8 heteroatoms. The van der Waals surface area contributed by atoms with Gasteiger partial charge in [-0.3, -0.25) is 14.7 Å². The zero-order chi connectivity index (χ0) is 22.5. The van der Waals surface area contributed by atoms with Gasteiger partial charge < -0.3 is 0 Å². The fourth-order valence-corrected chi connectivity index (χ4v) is 4.27. The lowest BCUT2D eigenvalue weighted by molar-refractivity contribution is 0.0996. The maximum Gasteiger partial charge on any atom is 0.260 e. The van der Waals surface area contributed by atoms with E-state index in [0.29, 0.717) is 35.4 Å². The van der Waals surface area contributed by atoms with Crippen LogP contribution in [0, 0.1) is 0 Å². The first-order chi connectivity index (χ1) is 16.1. The van der Waals surface area contributed by atoms with Gasteiger partial charge in [-0.05, 0) is 72.5 Å². The van der Waals surface area contributed by atoms with Crippen LogP contribution in [0.5, 0.6) is 0 Å². The van der Waals surface area contributed by atoms with E-state index in [1.807, 2.05) is 50.4 Å². The number of hydrogen-bond donors (Lipinski definition) is 0. The molecular formula is C25H23N7O. The molecule has 33 heavy (non-hydrogen) atoms. The average molecular weight is 438 g/mol. The van der Waals surface area contributed by atoms with Crippen molar-refractivity contribution in [3.63, 3.8) is 0 Å². The van der Waals surface area contributed by atoms with Crippen LogP contribution in [0.1, 0.15) is 60.3 Å². The zero-order valence-electron chi connectivity index (χ0n) is 18.5. The number of rotatable bonds is 5. The Labute approximate surface area is 191 Å². The summed E-state index contributed by atoms with van der Waals surface area (Å²) in [4.78, 5) is 24.4. The first kappa shape index (κ1) is 19.7. The van der Waals surface area contributed by atoms with Gasteiger partial charge in [0.05, 0.1) is 12.6 Å². The lowest BCUT2D eigenvalue weighted by Gasteiger charge is -2.15. The average Bonchev–Trinajstić information content (AvgIpc) is 3.47. The molecule has 0 atom stereocenters. The van der Waals surface area contributed by atoms with Crippen LogP contribution < -0.4 is 4.90 Å². The summed E-state index contributed by atoms with van der Waals surface area (Å²) < 4.78 is 1.72. The number of amides is 1. The number of carbonyl (C=O) groups excluding carboxylic acids is 1. The van der Waals surface area contributed by atoms with Gasteiger partial charge >= 0.3 is 0 Å². The van der Waals surface area contributed by atoms with Crippen LogP contribution in [0.3, 0.4) is 0 Å². The Morgan fingerprint density at radius 3 is 2.64 bits per heavy atom. The lowest BCUT2D eigenvalue weighted by Crippen LogP contribution is -2.24. The third-order valence-electron chi connectivity index (χ3n) is 6.25. The summed E-state index contributed by atoms with van der Waals surface area (Å²) in [6.45, 7) is 4.51. The molecule has 6 rings (SSSR count). The largest absolute Gasteiger partial charge is 0.288 e. The number of benzene rings is 1. The van der Waals surface area contributed by atoms with Crippen molar-refractivity contribution < 1.29 is 4.79 Å². The summed E-state index contributed by atoms with van der Waals surface area (Å²) in [5.74, 6) is 1.74. The molecule has 8 nitrogen and oxygen atoms in total. The molecule has 4 aromatic rings. The maximum atomic E-state index is 13.3. The summed E-state index contributed by atoms with van der Waals surface area (Å²) in [7, 11) is 0. The number of aromatic nitrogens is 6. The van der Waals surface area contributed by atoms with Gasteiger partial charge in [0.25, 0.3) is 5.91 Å². The van der Waals surface area contributed by atoms with E-state index >= 15 is 0 Å². The van der Waals surface area contributed by atoms with E-state index in [4.69, 9.17) is 4.98 Å². The van der Waals surface area contributed by atoms with Gasteiger partial charge in [-0.1, -0.05) is 24.3 Å². The summed E-state index contributed by atoms with van der Waals surface area (Å²) in [6, 6.07) is 15.9. The number of fused-ring (bicyclic) bond motifs is 1. The second-order valence-corrected chi connectivity index (χ2v) is 8.93. The zero-order valence-corrected chi connectivity index (χ0v) is 18.5. The molecule has 0 N–H and O–H groups in total. The lowest BCUT2D eigenvalue weighted by atomic mass is 10.0. The van der Waals surface area contributed by atoms with Crippen molar-refractivity contribution in [3.8, 4) is 22.6 Å². The second kappa shape index (κ2) is 7.58. The van der Waals surface area contributed by atoms with Crippen LogP contribution in [-0.2, 0) is 6.54 Å². The fraction of sp³-hybridized carbons (Fsp3) is 0.280. The standard InChI is InChI=1S/C25H23N7O/c1-15(2)32-24(28-29-30-32)22-4-3-5-23(27-22)31-14-19-9-8-17(12-20(19)25(31)33)18-10-11-21(26-13-18)16-6-7-16/h3-5,8-13,15-16H,6-7,14H2,1-2H3. The van der Waals surface area contributed by atoms with E-state index in [0.717, 1.165) is 22.4 Å². The molecule has 0 saturated heterocycles. The van der Waals surface area contributed by atoms with Crippen molar-refractivity contribution in [2.45, 2.75) is 45.2 Å². The Balaban J connectivity index is 1.29. The number of nitrogens with zero attached hydrogens (tertiary/aromatic N) is 7. The maximum absolute atomic E-state index is 13.3. The van der Waals surface area contributed by atoms with Crippen molar-refractivity contribution in [1.29, 1.82) is 0 Å². The Morgan fingerprint density at radius 1 is 1.03 bits per heavy atom. The highest BCUT2D eigenvalue weighted by atomic mass is 16.2. The van der Waals surface area contributed by atoms with Gasteiger partial charge in [-0.25, -0.2) is 9.67 Å². The molecule has 1 aliphatic heterocycles. The normalized spacial score (nSPS) is 15.4. The predicted octanol–water partition coefficient (Wildman–Crippen LogP) is 4.42. The topological polar surface area (TPSA) is 89.7 Å². The third kappa shape index (κ3) is 3.47. The van der Waals surface area contributed by atoms with Crippen LogP contribution in [0.15, 0.2) is 54.7 Å². The van der Waals surface area contributed by atoms with Crippen LogP contribution in [0.2, 0.25) is 0 Å². The minimum atomic E-state index is -0.0532. The number of pyridine rings is 2. The Bertz CT molecular complexity index is 1360. The first-order valence-corrected chi connectivity index (χ1v) is 11.2. The molecule has 2 aliphatic rings. The van der Waals surface area contributed by atoms with Crippen molar-refractivity contribution in [2.24, 2.45) is 0 Å². The molecule has 0 unspecified atom stereocenters. The van der Waals surface area contributed by atoms with Gasteiger partial charge in [-0.15, -0.1) is 5.10 Å². The van der Waals surface area contributed by atoms with Crippen LogP contribution >= 0.6 is 0 Å². The van der Waals surface area contributed by atoms with E-state index in [9.17, 15) is 4.79 Å². The minimum absolute atomic E-state index is 0.0532. The molecule has 1 fully saturated rings. The van der Waals surface area contributed by atoms with Crippen molar-refractivity contribution >= 4 is 11.7 Å². The van der Waals surface area contributed by atoms with Crippen molar-refractivity contribution in [3.05, 3.63) is 71.5 Å². The molecule has 164 valence electrons. The predicted molar refractivity (Wildman–Crippen MR) is 124 cm³/mol. The van der Waals surface area contributed by atoms with E-state index in [2.05, 4.69) is 38.7 Å². The second-order valence-electron chi connectivity index (χ2n) is 8.93. The van der Waals surface area contributed by atoms with Crippen LogP contribution in [0.25, 0.3) is 22.6 Å². The van der Waals surface area contributed by atoms with Crippen LogP contribution in [0.4, 0.5) is 5.82 Å². The van der Waals surface area contributed by atoms with Crippen LogP contribution in [-0.4, -0.2) is 36.1 Å². The molecule has 0 radical (unpaired) electrons. The smallest absolute Gasteiger partial charge is 0.260 e. The van der Waals surface area contributed by atoms with E-state index in [1.54, 1.807) is 9.58 Å². The highest BCUT2D eigenvalue weighted by Crippen LogP contribution is 2.39. The number of anilines is 1. The number of hydrogen-bond acceptors (Lipinski definition) is 6. The van der Waals surface area contributed by atoms with E-state index in [-0.39, 0.29) is 11.9 Å². The molecule has 1 saturated carbocycles. The Hall–Kier alpha value is -3.94. The summed E-state index contributed by atoms with van der Waals surface area (Å²) >= 11 is 0. The number of tetrazole rings is 1. The SMILES string of the molecule is CC(C)n1nnnc1-c1cccc(N2Cc3ccc(-c4ccc(C5CC5)nc4)cc3C2=O)n1. The molecule has 3 aromatic heterocycles. The summed E-state index contributed by atoms with van der Waals surface area (Å²) in [6.07, 6.45) is 4.38. The monoisotopic (exact) mass is 437 g/mol. The quantitative estimate of drug-likeness (QED) is 0.459. The summed E-state index contributed by atoms with van der Waals surface area (Å²) in [5.41, 5.74) is 5.52. The molecule has 1 aromatic carbocycles. The van der Waals surface area contributed by atoms with Crippen molar-refractivity contribution in [1.82, 2.24) is 30.2 Å². The van der Waals surface area contributed by atoms with E-state index in [1.165, 1.54) is 12.8 Å².